The summed E-state index contributed by atoms with van der Waals surface area (Å²) >= 11 is 0. The van der Waals surface area contributed by atoms with E-state index >= 15 is 0 Å². The summed E-state index contributed by atoms with van der Waals surface area (Å²) in [4.78, 5) is 48.4. The van der Waals surface area contributed by atoms with Gasteiger partial charge in [0.15, 0.2) is 0 Å². The Bertz CT molecular complexity index is 1690. The third kappa shape index (κ3) is 13.3. The van der Waals surface area contributed by atoms with E-state index in [4.69, 9.17) is 0 Å². The largest absolute Gasteiger partial charge is 0.326 e. The molecule has 0 aliphatic rings. The number of hydrogen-bond acceptors (Lipinski definition) is 5. The summed E-state index contributed by atoms with van der Waals surface area (Å²) in [5.74, 6) is -0.496. The molecule has 0 aliphatic heterocycles. The second-order valence-corrected chi connectivity index (χ2v) is 11.8. The molecular weight excluding hydrogens is 625 g/mol. The first-order valence-electron chi connectivity index (χ1n) is 16.0. The van der Waals surface area contributed by atoms with Crippen LogP contribution in [0.5, 0.6) is 0 Å². The van der Waals surface area contributed by atoms with Crippen LogP contribution in [-0.4, -0.2) is 34.1 Å². The van der Waals surface area contributed by atoms with Crippen molar-refractivity contribution < 1.29 is 23.4 Å². The average Bonchev–Trinajstić information content (AvgIpc) is 3.06. The van der Waals surface area contributed by atoms with Crippen LogP contribution in [-0.2, 0) is 20.4 Å². The first-order chi connectivity index (χ1) is 23.1. The monoisotopic (exact) mass is 670 g/mol. The maximum Gasteiger partial charge on any atom is 0.255 e. The predicted molar refractivity (Wildman–Crippen MR) is 197 cm³/mol. The number of rotatable bonds is 11. The first-order valence-corrected chi connectivity index (χ1v) is 17.6. The molecule has 4 N–H and O–H groups in total. The highest BCUT2D eigenvalue weighted by atomic mass is 32.2. The van der Waals surface area contributed by atoms with Gasteiger partial charge < -0.3 is 21.3 Å². The fourth-order valence-corrected chi connectivity index (χ4v) is 4.80. The smallest absolute Gasteiger partial charge is 0.255 e. The minimum Gasteiger partial charge on any atom is -0.326 e. The van der Waals surface area contributed by atoms with Gasteiger partial charge in [0.2, 0.25) is 11.8 Å². The van der Waals surface area contributed by atoms with Crippen LogP contribution in [0.15, 0.2) is 102 Å². The van der Waals surface area contributed by atoms with Gasteiger partial charge in [-0.2, -0.15) is 0 Å². The highest BCUT2D eigenvalue weighted by molar-refractivity contribution is 7.84. The first kappa shape index (κ1) is 39.1. The number of nitrogens with one attached hydrogen (secondary N) is 4. The lowest BCUT2D eigenvalue weighted by atomic mass is 10.1. The van der Waals surface area contributed by atoms with E-state index in [0.29, 0.717) is 51.6 Å². The van der Waals surface area contributed by atoms with E-state index in [1.165, 1.54) is 0 Å². The molecule has 4 rings (SSSR count). The summed E-state index contributed by atoms with van der Waals surface area (Å²) in [6, 6.07) is 28.2. The molecule has 0 spiro atoms. The fraction of sp³-hybridized carbons (Fsp3) is 0.263. The van der Waals surface area contributed by atoms with Crippen molar-refractivity contribution in [2.75, 3.05) is 27.5 Å². The Labute approximate surface area is 286 Å². The van der Waals surface area contributed by atoms with E-state index in [1.807, 2.05) is 52.8 Å². The second kappa shape index (κ2) is 20.9. The van der Waals surface area contributed by atoms with Crippen molar-refractivity contribution in [1.29, 1.82) is 0 Å². The molecule has 0 aromatic heterocycles. The zero-order chi connectivity index (χ0) is 35.5. The second-order valence-electron chi connectivity index (χ2n) is 10.5. The SMILES string of the molecule is CC.CCCC(=O)Nc1cccc(NC(=O)c2ccc(S(C)=O)cc2)c1.CCCC(=O)Nc1cccc(NC(=O)c2ccccc2C)c1. The summed E-state index contributed by atoms with van der Waals surface area (Å²) in [6.45, 7) is 9.80. The predicted octanol–water partition coefficient (Wildman–Crippen LogP) is 8.43. The van der Waals surface area contributed by atoms with Crippen molar-refractivity contribution in [3.05, 3.63) is 114 Å². The van der Waals surface area contributed by atoms with Crippen LogP contribution < -0.4 is 21.3 Å². The molecule has 4 aromatic carbocycles. The zero-order valence-electron chi connectivity index (χ0n) is 28.5. The van der Waals surface area contributed by atoms with Crippen molar-refractivity contribution in [2.45, 2.75) is 65.2 Å². The molecule has 1 atom stereocenters. The molecule has 0 saturated carbocycles. The Morgan fingerprint density at radius 1 is 0.583 bits per heavy atom. The molecule has 48 heavy (non-hydrogen) atoms. The Morgan fingerprint density at radius 2 is 1.02 bits per heavy atom. The minimum absolute atomic E-state index is 0.0233. The molecule has 0 radical (unpaired) electrons. The lowest BCUT2D eigenvalue weighted by molar-refractivity contribution is -0.117. The van der Waals surface area contributed by atoms with Gasteiger partial charge in [-0.3, -0.25) is 23.4 Å². The number of anilines is 4. The molecule has 1 unspecified atom stereocenters. The quantitative estimate of drug-likeness (QED) is 0.127. The number of benzene rings is 4. The molecule has 0 fully saturated rings. The van der Waals surface area contributed by atoms with Crippen LogP contribution in [0.1, 0.15) is 79.7 Å². The van der Waals surface area contributed by atoms with Gasteiger partial charge in [0, 0.05) is 68.7 Å². The lowest BCUT2D eigenvalue weighted by Crippen LogP contribution is -2.14. The normalized spacial score (nSPS) is 10.5. The summed E-state index contributed by atoms with van der Waals surface area (Å²) < 4.78 is 11.4. The summed E-state index contributed by atoms with van der Waals surface area (Å²) in [6.07, 6.45) is 4.12. The topological polar surface area (TPSA) is 133 Å². The minimum atomic E-state index is -1.07. The number of aryl methyl sites for hydroxylation is 1. The molecule has 0 bridgehead atoms. The molecule has 254 valence electrons. The molecule has 4 aromatic rings. The molecule has 4 amide bonds. The van der Waals surface area contributed by atoms with Crippen LogP contribution >= 0.6 is 0 Å². The Balaban J connectivity index is 0.000000318. The highest BCUT2D eigenvalue weighted by Gasteiger charge is 2.10. The molecule has 0 heterocycles. The van der Waals surface area contributed by atoms with Crippen molar-refractivity contribution >= 4 is 57.2 Å². The van der Waals surface area contributed by atoms with Crippen LogP contribution in [0.3, 0.4) is 0 Å². The highest BCUT2D eigenvalue weighted by Crippen LogP contribution is 2.19. The van der Waals surface area contributed by atoms with Crippen molar-refractivity contribution in [2.24, 2.45) is 0 Å². The van der Waals surface area contributed by atoms with Crippen LogP contribution in [0.25, 0.3) is 0 Å². The average molecular weight is 671 g/mol. The van der Waals surface area contributed by atoms with Crippen LogP contribution in [0.4, 0.5) is 22.7 Å². The lowest BCUT2D eigenvalue weighted by Gasteiger charge is -2.10. The van der Waals surface area contributed by atoms with Gasteiger partial charge in [0.25, 0.3) is 11.8 Å². The maximum atomic E-state index is 12.3. The third-order valence-electron chi connectivity index (χ3n) is 6.60. The van der Waals surface area contributed by atoms with Crippen LogP contribution in [0, 0.1) is 6.92 Å². The zero-order valence-corrected chi connectivity index (χ0v) is 29.3. The number of amides is 4. The number of hydrogen-bond donors (Lipinski definition) is 4. The third-order valence-corrected chi connectivity index (χ3v) is 7.54. The molecule has 9 nitrogen and oxygen atoms in total. The molecule has 0 aliphatic carbocycles. The summed E-state index contributed by atoms with van der Waals surface area (Å²) in [7, 11) is -1.07. The van der Waals surface area contributed by atoms with Gasteiger partial charge >= 0.3 is 0 Å². The van der Waals surface area contributed by atoms with Gasteiger partial charge in [0.05, 0.1) is 0 Å². The summed E-state index contributed by atoms with van der Waals surface area (Å²) in [5, 5.41) is 11.3. The Kier molecular flexibility index (Phi) is 17.0. The molecule has 10 heteroatoms. The van der Waals surface area contributed by atoms with E-state index in [0.717, 1.165) is 18.4 Å². The van der Waals surface area contributed by atoms with Gasteiger partial charge in [-0.1, -0.05) is 58.0 Å². The maximum absolute atomic E-state index is 12.3. The van der Waals surface area contributed by atoms with E-state index in [9.17, 15) is 23.4 Å². The van der Waals surface area contributed by atoms with E-state index < -0.39 is 10.8 Å². The Hall–Kier alpha value is -5.09. The van der Waals surface area contributed by atoms with Crippen molar-refractivity contribution in [3.63, 3.8) is 0 Å². The summed E-state index contributed by atoms with van der Waals surface area (Å²) in [5.41, 5.74) is 4.61. The van der Waals surface area contributed by atoms with Crippen LogP contribution in [0.2, 0.25) is 0 Å². The van der Waals surface area contributed by atoms with Crippen molar-refractivity contribution in [3.8, 4) is 0 Å². The molecule has 0 saturated heterocycles. The van der Waals surface area contributed by atoms with E-state index in [1.54, 1.807) is 85.1 Å². The fourth-order valence-electron chi connectivity index (χ4n) is 4.28. The standard InChI is InChI=1S/C18H20N2O3S.C18H20N2O2.C2H6/c1-3-5-17(21)19-14-6-4-7-15(12-14)20-18(22)13-8-10-16(11-9-13)24(2)23;1-3-7-17(21)19-14-9-6-10-15(12-14)20-18(22)16-11-5-4-8-13(16)2;1-2/h4,6-12H,3,5H2,1-2H3,(H,19,21)(H,20,22);4-6,8-12H,3,7H2,1-2H3,(H,19,21)(H,20,22);1-2H3. The van der Waals surface area contributed by atoms with Gasteiger partial charge in [-0.15, -0.1) is 0 Å². The molecular formula is C38H46N4O5S. The number of carbonyl (C=O) groups excluding carboxylic acids is 4. The van der Waals surface area contributed by atoms with E-state index in [2.05, 4.69) is 21.3 Å². The van der Waals surface area contributed by atoms with E-state index in [-0.39, 0.29) is 23.6 Å². The Morgan fingerprint density at radius 3 is 1.46 bits per heavy atom. The van der Waals surface area contributed by atoms with Gasteiger partial charge in [-0.05, 0) is 92.1 Å². The van der Waals surface area contributed by atoms with Gasteiger partial charge in [0.1, 0.15) is 0 Å². The van der Waals surface area contributed by atoms with Crippen molar-refractivity contribution in [1.82, 2.24) is 0 Å². The van der Waals surface area contributed by atoms with Gasteiger partial charge in [-0.25, -0.2) is 0 Å². The number of carbonyl (C=O) groups is 4.